The van der Waals surface area contributed by atoms with Gasteiger partial charge in [-0.2, -0.15) is 0 Å². The molecule has 66 valence electrons. The van der Waals surface area contributed by atoms with E-state index in [9.17, 15) is 0 Å². The number of nitrogens with two attached hydrogens (primary N) is 1. The Morgan fingerprint density at radius 3 is 2.36 bits per heavy atom. The van der Waals surface area contributed by atoms with E-state index in [0.717, 1.165) is 13.0 Å². The number of hydrogen-bond donors (Lipinski definition) is 1. The molecular weight excluding hydrogens is 138 g/mol. The monoisotopic (exact) mass is 157 g/mol. The van der Waals surface area contributed by atoms with Gasteiger partial charge in [-0.05, 0) is 24.7 Å². The van der Waals surface area contributed by atoms with Crippen LogP contribution in [0.4, 0.5) is 0 Å². The molecule has 0 aliphatic heterocycles. The van der Waals surface area contributed by atoms with Gasteiger partial charge in [-0.3, -0.25) is 0 Å². The highest BCUT2D eigenvalue weighted by Gasteiger charge is 2.50. The molecule has 1 aliphatic rings. The first-order valence-corrected chi connectivity index (χ1v) is 4.30. The quantitative estimate of drug-likeness (QED) is 0.672. The van der Waals surface area contributed by atoms with Crippen LogP contribution in [0.2, 0.25) is 0 Å². The lowest BCUT2D eigenvalue weighted by Crippen LogP contribution is -2.40. The molecular formula is C9H19NO. The lowest BCUT2D eigenvalue weighted by Gasteiger charge is -2.31. The second-order valence-corrected chi connectivity index (χ2v) is 4.28. The van der Waals surface area contributed by atoms with Crippen molar-refractivity contribution >= 4 is 0 Å². The molecule has 0 aromatic heterocycles. The zero-order chi connectivity index (χ0) is 8.54. The standard InChI is InChI=1S/C9H19NO/c1-8(2,6-7-11-3)9(10)4-5-9/h4-7,10H2,1-3H3. The minimum atomic E-state index is 0.117. The first-order chi connectivity index (χ1) is 5.02. The van der Waals surface area contributed by atoms with E-state index in [4.69, 9.17) is 10.5 Å². The lowest BCUT2D eigenvalue weighted by atomic mass is 9.80. The average Bonchev–Trinajstić information content (AvgIpc) is 2.65. The predicted octanol–water partition coefficient (Wildman–Crippen LogP) is 1.54. The van der Waals surface area contributed by atoms with Crippen molar-refractivity contribution in [1.82, 2.24) is 0 Å². The molecule has 2 heteroatoms. The van der Waals surface area contributed by atoms with E-state index in [0.29, 0.717) is 0 Å². The number of hydrogen-bond acceptors (Lipinski definition) is 2. The van der Waals surface area contributed by atoms with Gasteiger partial charge in [0.2, 0.25) is 0 Å². The summed E-state index contributed by atoms with van der Waals surface area (Å²) in [5.41, 5.74) is 6.48. The van der Waals surface area contributed by atoms with Crippen molar-refractivity contribution in [2.24, 2.45) is 11.1 Å². The molecule has 0 amide bonds. The third-order valence-corrected chi connectivity index (χ3v) is 3.07. The molecule has 0 saturated heterocycles. The summed E-state index contributed by atoms with van der Waals surface area (Å²) in [5, 5.41) is 0. The van der Waals surface area contributed by atoms with Crippen molar-refractivity contribution in [2.45, 2.75) is 38.6 Å². The molecule has 0 spiro atoms. The molecule has 2 nitrogen and oxygen atoms in total. The van der Waals surface area contributed by atoms with Crippen molar-refractivity contribution < 1.29 is 4.74 Å². The summed E-state index contributed by atoms with van der Waals surface area (Å²) >= 11 is 0. The number of methoxy groups -OCH3 is 1. The molecule has 1 saturated carbocycles. The minimum absolute atomic E-state index is 0.117. The summed E-state index contributed by atoms with van der Waals surface area (Å²) < 4.78 is 5.05. The second-order valence-electron chi connectivity index (χ2n) is 4.28. The first kappa shape index (κ1) is 9.01. The molecule has 11 heavy (non-hydrogen) atoms. The first-order valence-electron chi connectivity index (χ1n) is 4.30. The SMILES string of the molecule is COCCC(C)(C)C1(N)CC1. The molecule has 0 heterocycles. The largest absolute Gasteiger partial charge is 0.385 e. The van der Waals surface area contributed by atoms with Gasteiger partial charge in [0.05, 0.1) is 0 Å². The van der Waals surface area contributed by atoms with Gasteiger partial charge in [-0.1, -0.05) is 13.8 Å². The van der Waals surface area contributed by atoms with Gasteiger partial charge in [0.25, 0.3) is 0 Å². The van der Waals surface area contributed by atoms with Gasteiger partial charge in [0, 0.05) is 19.3 Å². The van der Waals surface area contributed by atoms with Crippen LogP contribution in [0.5, 0.6) is 0 Å². The van der Waals surface area contributed by atoms with E-state index in [1.54, 1.807) is 7.11 Å². The Balaban J connectivity index is 2.39. The fourth-order valence-electron chi connectivity index (χ4n) is 1.42. The maximum Gasteiger partial charge on any atom is 0.0468 e. The summed E-state index contributed by atoms with van der Waals surface area (Å²) in [5.74, 6) is 0. The van der Waals surface area contributed by atoms with E-state index < -0.39 is 0 Å². The van der Waals surface area contributed by atoms with Gasteiger partial charge in [0.15, 0.2) is 0 Å². The summed E-state index contributed by atoms with van der Waals surface area (Å²) in [6.45, 7) is 5.30. The van der Waals surface area contributed by atoms with E-state index in [2.05, 4.69) is 13.8 Å². The lowest BCUT2D eigenvalue weighted by molar-refractivity contribution is 0.131. The molecule has 1 rings (SSSR count). The van der Waals surface area contributed by atoms with Gasteiger partial charge >= 0.3 is 0 Å². The summed E-state index contributed by atoms with van der Waals surface area (Å²) in [6.07, 6.45) is 3.44. The van der Waals surface area contributed by atoms with Crippen LogP contribution < -0.4 is 5.73 Å². The van der Waals surface area contributed by atoms with Crippen LogP contribution in [-0.4, -0.2) is 19.3 Å². The Bertz CT molecular complexity index is 138. The highest BCUT2D eigenvalue weighted by molar-refractivity contribution is 5.08. The van der Waals surface area contributed by atoms with Crippen LogP contribution in [0.1, 0.15) is 33.1 Å². The Morgan fingerprint density at radius 1 is 1.45 bits per heavy atom. The van der Waals surface area contributed by atoms with Crippen LogP contribution in [0.3, 0.4) is 0 Å². The van der Waals surface area contributed by atoms with E-state index in [-0.39, 0.29) is 11.0 Å². The van der Waals surface area contributed by atoms with Crippen molar-refractivity contribution in [3.05, 3.63) is 0 Å². The molecule has 0 aromatic carbocycles. The molecule has 0 unspecified atom stereocenters. The second kappa shape index (κ2) is 2.76. The smallest absolute Gasteiger partial charge is 0.0468 e. The minimum Gasteiger partial charge on any atom is -0.385 e. The third kappa shape index (κ3) is 1.74. The molecule has 0 radical (unpaired) electrons. The number of ether oxygens (including phenoxy) is 1. The van der Waals surface area contributed by atoms with Crippen molar-refractivity contribution in [2.75, 3.05) is 13.7 Å². The molecule has 0 bridgehead atoms. The molecule has 1 aliphatic carbocycles. The van der Waals surface area contributed by atoms with Gasteiger partial charge in [-0.15, -0.1) is 0 Å². The van der Waals surface area contributed by atoms with Crippen molar-refractivity contribution in [3.63, 3.8) is 0 Å². The highest BCUT2D eigenvalue weighted by Crippen LogP contribution is 2.49. The highest BCUT2D eigenvalue weighted by atomic mass is 16.5. The molecule has 0 aromatic rings. The van der Waals surface area contributed by atoms with Crippen molar-refractivity contribution in [3.8, 4) is 0 Å². The van der Waals surface area contributed by atoms with Crippen molar-refractivity contribution in [1.29, 1.82) is 0 Å². The summed E-state index contributed by atoms with van der Waals surface area (Å²) in [6, 6.07) is 0. The Morgan fingerprint density at radius 2 is 2.00 bits per heavy atom. The maximum absolute atomic E-state index is 6.11. The number of rotatable bonds is 4. The fourth-order valence-corrected chi connectivity index (χ4v) is 1.42. The third-order valence-electron chi connectivity index (χ3n) is 3.07. The molecule has 2 N–H and O–H groups in total. The van der Waals surface area contributed by atoms with Crippen LogP contribution in [0, 0.1) is 5.41 Å². The zero-order valence-electron chi connectivity index (χ0n) is 7.81. The van der Waals surface area contributed by atoms with Crippen LogP contribution in [0.25, 0.3) is 0 Å². The average molecular weight is 157 g/mol. The van der Waals surface area contributed by atoms with Crippen LogP contribution in [0.15, 0.2) is 0 Å². The molecule has 0 atom stereocenters. The Kier molecular flexibility index (Phi) is 2.26. The van der Waals surface area contributed by atoms with Crippen LogP contribution in [-0.2, 0) is 4.74 Å². The summed E-state index contributed by atoms with van der Waals surface area (Å²) in [7, 11) is 1.74. The van der Waals surface area contributed by atoms with E-state index in [1.807, 2.05) is 0 Å². The zero-order valence-corrected chi connectivity index (χ0v) is 7.81. The Hall–Kier alpha value is -0.0800. The fraction of sp³-hybridized carbons (Fsp3) is 1.00. The Labute approximate surface area is 69.1 Å². The normalized spacial score (nSPS) is 21.8. The predicted molar refractivity (Wildman–Crippen MR) is 46.4 cm³/mol. The van der Waals surface area contributed by atoms with Gasteiger partial charge < -0.3 is 10.5 Å². The van der Waals surface area contributed by atoms with E-state index in [1.165, 1.54) is 12.8 Å². The van der Waals surface area contributed by atoms with Gasteiger partial charge in [0.1, 0.15) is 0 Å². The van der Waals surface area contributed by atoms with E-state index >= 15 is 0 Å². The molecule has 1 fully saturated rings. The summed E-state index contributed by atoms with van der Waals surface area (Å²) in [4.78, 5) is 0. The van der Waals surface area contributed by atoms with Crippen LogP contribution >= 0.6 is 0 Å². The van der Waals surface area contributed by atoms with Gasteiger partial charge in [-0.25, -0.2) is 0 Å². The maximum atomic E-state index is 6.11. The topological polar surface area (TPSA) is 35.2 Å².